The summed E-state index contributed by atoms with van der Waals surface area (Å²) in [6.45, 7) is 16.1. The fraction of sp³-hybridized carbons (Fsp3) is 0.935. The minimum atomic E-state index is -0.215. The first-order chi connectivity index (χ1) is 16.4. The molecule has 0 aromatic rings. The molecule has 200 valence electrons. The third-order valence-electron chi connectivity index (χ3n) is 12.0. The number of carbonyl (C=O) groups excluding carboxylic acids is 2. The van der Waals surface area contributed by atoms with Gasteiger partial charge >= 0.3 is 5.97 Å². The number of esters is 1. The molecule has 3 nitrogen and oxygen atoms in total. The molecule has 0 spiro atoms. The van der Waals surface area contributed by atoms with Crippen molar-refractivity contribution < 1.29 is 14.3 Å². The van der Waals surface area contributed by atoms with Gasteiger partial charge in [-0.3, -0.25) is 9.59 Å². The molecule has 0 heterocycles. The van der Waals surface area contributed by atoms with E-state index in [0.29, 0.717) is 29.0 Å². The zero-order chi connectivity index (χ0) is 25.7. The Kier molecular flexibility index (Phi) is 8.22. The number of hydrogen-bond donors (Lipinski definition) is 0. The molecule has 4 saturated carbocycles. The van der Waals surface area contributed by atoms with Gasteiger partial charge in [-0.2, -0.15) is 0 Å². The van der Waals surface area contributed by atoms with E-state index in [4.69, 9.17) is 4.74 Å². The van der Waals surface area contributed by atoms with Crippen LogP contribution in [0.1, 0.15) is 113 Å². The summed E-state index contributed by atoms with van der Waals surface area (Å²) in [6, 6.07) is 0. The lowest BCUT2D eigenvalue weighted by Crippen LogP contribution is -2.61. The van der Waals surface area contributed by atoms with Gasteiger partial charge in [-0.05, 0) is 104 Å². The summed E-state index contributed by atoms with van der Waals surface area (Å²) < 4.78 is 5.59. The Morgan fingerprint density at radius 2 is 1.69 bits per heavy atom. The first-order valence-electron chi connectivity index (χ1n) is 14.8. The number of fused-ring (bicyclic) bond motifs is 5. The molecule has 0 aliphatic heterocycles. The van der Waals surface area contributed by atoms with Crippen molar-refractivity contribution in [2.24, 2.45) is 58.2 Å². The zero-order valence-corrected chi connectivity index (χ0v) is 25.0. The smallest absolute Gasteiger partial charge is 0.302 e. The highest BCUT2D eigenvalue weighted by Crippen LogP contribution is 2.68. The van der Waals surface area contributed by atoms with Crippen LogP contribution in [0.3, 0.4) is 0 Å². The fourth-order valence-corrected chi connectivity index (χ4v) is 11.0. The molecule has 0 radical (unpaired) electrons. The normalized spacial score (nSPS) is 44.8. The maximum absolute atomic E-state index is 13.8. The summed E-state index contributed by atoms with van der Waals surface area (Å²) in [5, 5.41) is 0. The summed E-state index contributed by atoms with van der Waals surface area (Å²) in [6.07, 6.45) is 11.8. The van der Waals surface area contributed by atoms with Crippen LogP contribution >= 0.6 is 15.9 Å². The monoisotopic (exact) mass is 550 g/mol. The quantitative estimate of drug-likeness (QED) is 0.236. The number of carbonyl (C=O) groups is 2. The number of hydrogen-bond acceptors (Lipinski definition) is 3. The molecule has 6 unspecified atom stereocenters. The zero-order valence-electron chi connectivity index (χ0n) is 23.4. The molecule has 4 aliphatic carbocycles. The molecule has 4 aliphatic rings. The highest BCUT2D eigenvalue weighted by molar-refractivity contribution is 9.10. The largest absolute Gasteiger partial charge is 0.463 e. The van der Waals surface area contributed by atoms with E-state index in [1.165, 1.54) is 51.9 Å². The van der Waals surface area contributed by atoms with E-state index in [0.717, 1.165) is 42.9 Å². The number of alkyl halides is 1. The van der Waals surface area contributed by atoms with Gasteiger partial charge < -0.3 is 4.74 Å². The second-order valence-corrected chi connectivity index (χ2v) is 14.8. The molecule has 0 aromatic carbocycles. The van der Waals surface area contributed by atoms with Gasteiger partial charge in [-0.1, -0.05) is 70.3 Å². The maximum atomic E-state index is 13.8. The number of ether oxygens (including phenoxy) is 1. The molecular formula is C31H51BrO3. The highest BCUT2D eigenvalue weighted by atomic mass is 79.9. The van der Waals surface area contributed by atoms with Gasteiger partial charge in [0, 0.05) is 12.8 Å². The summed E-state index contributed by atoms with van der Waals surface area (Å²) in [7, 11) is 0. The predicted molar refractivity (Wildman–Crippen MR) is 146 cm³/mol. The highest BCUT2D eigenvalue weighted by Gasteiger charge is 2.65. The van der Waals surface area contributed by atoms with E-state index in [2.05, 4.69) is 57.5 Å². The van der Waals surface area contributed by atoms with Crippen molar-refractivity contribution in [2.45, 2.75) is 124 Å². The Bertz CT molecular complexity index is 794. The van der Waals surface area contributed by atoms with Crippen LogP contribution in [0.5, 0.6) is 0 Å². The van der Waals surface area contributed by atoms with Crippen LogP contribution < -0.4 is 0 Å². The molecule has 11 atom stereocenters. The fourth-order valence-electron chi connectivity index (χ4n) is 9.94. The first kappa shape index (κ1) is 27.6. The molecular weight excluding hydrogens is 500 g/mol. The van der Waals surface area contributed by atoms with E-state index in [-0.39, 0.29) is 28.2 Å². The Morgan fingerprint density at radius 3 is 2.31 bits per heavy atom. The lowest BCUT2D eigenvalue weighted by Gasteiger charge is -2.61. The van der Waals surface area contributed by atoms with Crippen molar-refractivity contribution in [3.05, 3.63) is 0 Å². The Hall–Kier alpha value is -0.380. The van der Waals surface area contributed by atoms with E-state index in [1.54, 1.807) is 0 Å². The van der Waals surface area contributed by atoms with Gasteiger partial charge in [0.1, 0.15) is 6.10 Å². The molecule has 0 N–H and O–H groups in total. The summed E-state index contributed by atoms with van der Waals surface area (Å²) in [5.41, 5.74) is 0.421. The molecule has 35 heavy (non-hydrogen) atoms. The van der Waals surface area contributed by atoms with Crippen LogP contribution in [-0.2, 0) is 14.3 Å². The van der Waals surface area contributed by atoms with Crippen molar-refractivity contribution in [3.8, 4) is 0 Å². The van der Waals surface area contributed by atoms with E-state index in [1.807, 2.05) is 0 Å². The third kappa shape index (κ3) is 4.81. The maximum Gasteiger partial charge on any atom is 0.302 e. The van der Waals surface area contributed by atoms with Crippen LogP contribution in [0.2, 0.25) is 0 Å². The van der Waals surface area contributed by atoms with E-state index >= 15 is 0 Å². The molecule has 4 fully saturated rings. The Balaban J connectivity index is 1.51. The lowest BCUT2D eigenvalue weighted by molar-refractivity contribution is -0.168. The topological polar surface area (TPSA) is 43.4 Å². The van der Waals surface area contributed by atoms with Gasteiger partial charge in [0.05, 0.1) is 4.83 Å². The SMILES string of the molecule is CC[C@H](CC[C@@H](C)C1CCC2C3C(CCC21C)C1(C)CC[C@H](OC(C)=O)C[C@@H]1C(=O)[C@H]3Br)C(C)C. The summed E-state index contributed by atoms with van der Waals surface area (Å²) in [5.74, 6) is 5.10. The van der Waals surface area contributed by atoms with Gasteiger partial charge in [-0.15, -0.1) is 0 Å². The average Bonchev–Trinajstić information content (AvgIpc) is 3.15. The standard InChI is InChI=1S/C31H51BrO3/c1-8-21(18(2)3)10-9-19(4)23-11-12-24-27-25(14-16-30(23,24)6)31(7)15-13-22(35-20(5)33)17-26(31)29(34)28(27)32/h18-19,21-28H,8-17H2,1-7H3/t19-,21-,22+,23?,24?,25?,26-,27?,28+,30?,31?/m1/s1. The molecule has 0 bridgehead atoms. The van der Waals surface area contributed by atoms with Crippen LogP contribution in [-0.4, -0.2) is 22.7 Å². The third-order valence-corrected chi connectivity index (χ3v) is 13.0. The number of rotatable bonds is 7. The minimum absolute atomic E-state index is 0.0220. The number of ketones is 1. The van der Waals surface area contributed by atoms with Crippen LogP contribution in [0.4, 0.5) is 0 Å². The van der Waals surface area contributed by atoms with Crippen molar-refractivity contribution >= 4 is 27.7 Å². The van der Waals surface area contributed by atoms with Crippen LogP contribution in [0.15, 0.2) is 0 Å². The predicted octanol–water partition coefficient (Wildman–Crippen LogP) is 8.23. The molecule has 4 rings (SSSR count). The van der Waals surface area contributed by atoms with Gasteiger partial charge in [-0.25, -0.2) is 0 Å². The van der Waals surface area contributed by atoms with Gasteiger partial charge in [0.15, 0.2) is 5.78 Å². The van der Waals surface area contributed by atoms with E-state index < -0.39 is 0 Å². The molecule has 0 aromatic heterocycles. The second-order valence-electron chi connectivity index (χ2n) is 13.9. The number of Topliss-reactive ketones (excluding diaryl/α,β-unsaturated/α-hetero) is 1. The Labute approximate surface area is 223 Å². The van der Waals surface area contributed by atoms with Crippen LogP contribution in [0, 0.1) is 58.2 Å². The van der Waals surface area contributed by atoms with Gasteiger partial charge in [0.25, 0.3) is 0 Å². The van der Waals surface area contributed by atoms with Gasteiger partial charge in [0.2, 0.25) is 0 Å². The molecule has 0 amide bonds. The second kappa shape index (κ2) is 10.4. The first-order valence-corrected chi connectivity index (χ1v) is 15.7. The van der Waals surface area contributed by atoms with Crippen molar-refractivity contribution in [1.29, 1.82) is 0 Å². The number of halogens is 1. The van der Waals surface area contributed by atoms with Crippen molar-refractivity contribution in [2.75, 3.05) is 0 Å². The van der Waals surface area contributed by atoms with Crippen molar-refractivity contribution in [1.82, 2.24) is 0 Å². The Morgan fingerprint density at radius 1 is 1.03 bits per heavy atom. The average molecular weight is 552 g/mol. The summed E-state index contributed by atoms with van der Waals surface area (Å²) in [4.78, 5) is 25.4. The van der Waals surface area contributed by atoms with Crippen molar-refractivity contribution in [3.63, 3.8) is 0 Å². The van der Waals surface area contributed by atoms with Crippen LogP contribution in [0.25, 0.3) is 0 Å². The van der Waals surface area contributed by atoms with E-state index in [9.17, 15) is 9.59 Å². The minimum Gasteiger partial charge on any atom is -0.463 e. The summed E-state index contributed by atoms with van der Waals surface area (Å²) >= 11 is 3.99. The molecule has 4 heteroatoms. The lowest BCUT2D eigenvalue weighted by atomic mass is 9.44. The molecule has 0 saturated heterocycles.